The van der Waals surface area contributed by atoms with Crippen molar-refractivity contribution in [2.24, 2.45) is 0 Å². The number of alkyl halides is 3. The first-order valence-electron chi connectivity index (χ1n) is 6.56. The summed E-state index contributed by atoms with van der Waals surface area (Å²) in [5.74, 6) is 0.510. The van der Waals surface area contributed by atoms with Crippen LogP contribution in [0.1, 0.15) is 28.8 Å². The van der Waals surface area contributed by atoms with Gasteiger partial charge in [0.2, 0.25) is 0 Å². The number of halogens is 3. The van der Waals surface area contributed by atoms with Crippen LogP contribution in [-0.2, 0) is 6.18 Å². The van der Waals surface area contributed by atoms with E-state index in [1.54, 1.807) is 18.8 Å². The van der Waals surface area contributed by atoms with Crippen molar-refractivity contribution in [3.63, 3.8) is 0 Å². The Bertz CT molecular complexity index is 478. The van der Waals surface area contributed by atoms with Gasteiger partial charge in [-0.2, -0.15) is 24.9 Å². The molecule has 0 saturated heterocycles. The standard InChI is InChI=1S/C14H19F3N2OS/c1-18-12-6-5-10(14(15,16)17)9-11(12)13(20)19-7-3-4-8-21-2/h5-6,9,18H,3-4,7-8H2,1-2H3,(H,19,20). The average molecular weight is 320 g/mol. The third kappa shape index (κ3) is 5.49. The first kappa shape index (κ1) is 17.7. The fourth-order valence-corrected chi connectivity index (χ4v) is 2.29. The van der Waals surface area contributed by atoms with E-state index in [1.807, 2.05) is 6.26 Å². The lowest BCUT2D eigenvalue weighted by atomic mass is 10.1. The largest absolute Gasteiger partial charge is 0.416 e. The molecule has 0 heterocycles. The lowest BCUT2D eigenvalue weighted by Crippen LogP contribution is -2.26. The highest BCUT2D eigenvalue weighted by Crippen LogP contribution is 2.31. The van der Waals surface area contributed by atoms with E-state index >= 15 is 0 Å². The number of thioether (sulfide) groups is 1. The van der Waals surface area contributed by atoms with E-state index in [4.69, 9.17) is 0 Å². The van der Waals surface area contributed by atoms with Gasteiger partial charge in [-0.1, -0.05) is 0 Å². The Morgan fingerprint density at radius 2 is 2.00 bits per heavy atom. The summed E-state index contributed by atoms with van der Waals surface area (Å²) in [7, 11) is 1.57. The molecule has 0 aliphatic heterocycles. The first-order valence-corrected chi connectivity index (χ1v) is 7.95. The molecule has 21 heavy (non-hydrogen) atoms. The second-order valence-electron chi connectivity index (χ2n) is 4.46. The molecule has 118 valence electrons. The Hall–Kier alpha value is -1.37. The monoisotopic (exact) mass is 320 g/mol. The predicted octanol–water partition coefficient (Wildman–Crippen LogP) is 3.62. The van der Waals surface area contributed by atoms with Crippen molar-refractivity contribution in [2.75, 3.05) is 30.9 Å². The number of hydrogen-bond donors (Lipinski definition) is 2. The van der Waals surface area contributed by atoms with E-state index < -0.39 is 17.6 Å². The summed E-state index contributed by atoms with van der Waals surface area (Å²) in [4.78, 5) is 12.0. The normalized spacial score (nSPS) is 11.3. The molecule has 1 amide bonds. The van der Waals surface area contributed by atoms with Gasteiger partial charge in [0, 0.05) is 19.3 Å². The van der Waals surface area contributed by atoms with Crippen LogP contribution in [0.3, 0.4) is 0 Å². The fourth-order valence-electron chi connectivity index (χ4n) is 1.79. The molecule has 1 rings (SSSR count). The van der Waals surface area contributed by atoms with Crippen LogP contribution in [0.2, 0.25) is 0 Å². The van der Waals surface area contributed by atoms with Gasteiger partial charge in [-0.15, -0.1) is 0 Å². The van der Waals surface area contributed by atoms with Crippen LogP contribution in [0.5, 0.6) is 0 Å². The van der Waals surface area contributed by atoms with E-state index in [9.17, 15) is 18.0 Å². The van der Waals surface area contributed by atoms with Crippen LogP contribution >= 0.6 is 11.8 Å². The molecular weight excluding hydrogens is 301 g/mol. The van der Waals surface area contributed by atoms with Gasteiger partial charge in [-0.3, -0.25) is 4.79 Å². The van der Waals surface area contributed by atoms with Crippen LogP contribution in [0.4, 0.5) is 18.9 Å². The number of hydrogen-bond acceptors (Lipinski definition) is 3. The molecule has 0 spiro atoms. The number of anilines is 1. The maximum atomic E-state index is 12.7. The highest BCUT2D eigenvalue weighted by atomic mass is 32.2. The number of nitrogens with one attached hydrogen (secondary N) is 2. The Balaban J connectivity index is 2.77. The van der Waals surface area contributed by atoms with Crippen molar-refractivity contribution >= 4 is 23.4 Å². The number of carbonyl (C=O) groups excluding carboxylic acids is 1. The van der Waals surface area contributed by atoms with E-state index in [0.717, 1.165) is 30.7 Å². The molecule has 0 unspecified atom stereocenters. The molecule has 0 bridgehead atoms. The van der Waals surface area contributed by atoms with E-state index in [0.29, 0.717) is 12.2 Å². The van der Waals surface area contributed by atoms with Crippen molar-refractivity contribution < 1.29 is 18.0 Å². The average Bonchev–Trinajstić information content (AvgIpc) is 2.45. The Morgan fingerprint density at radius 3 is 2.57 bits per heavy atom. The molecule has 3 nitrogen and oxygen atoms in total. The topological polar surface area (TPSA) is 41.1 Å². The maximum absolute atomic E-state index is 12.7. The Labute approximate surface area is 126 Å². The summed E-state index contributed by atoms with van der Waals surface area (Å²) in [5.41, 5.74) is -0.434. The van der Waals surface area contributed by atoms with Gasteiger partial charge in [0.25, 0.3) is 5.91 Å². The molecule has 1 aromatic carbocycles. The van der Waals surface area contributed by atoms with Gasteiger partial charge in [0.1, 0.15) is 0 Å². The van der Waals surface area contributed by atoms with Crippen molar-refractivity contribution in [1.29, 1.82) is 0 Å². The lowest BCUT2D eigenvalue weighted by Gasteiger charge is -2.13. The minimum Gasteiger partial charge on any atom is -0.387 e. The number of unbranched alkanes of at least 4 members (excludes halogenated alkanes) is 1. The molecule has 0 saturated carbocycles. The quantitative estimate of drug-likeness (QED) is 0.754. The molecule has 2 N–H and O–H groups in total. The molecule has 0 atom stereocenters. The molecule has 1 aromatic rings. The van der Waals surface area contributed by atoms with Crippen molar-refractivity contribution in [1.82, 2.24) is 5.32 Å². The zero-order chi connectivity index (χ0) is 15.9. The number of carbonyl (C=O) groups is 1. The van der Waals surface area contributed by atoms with Crippen LogP contribution in [0, 0.1) is 0 Å². The van der Waals surface area contributed by atoms with Gasteiger partial charge in [-0.25, -0.2) is 0 Å². The van der Waals surface area contributed by atoms with Crippen LogP contribution in [0.25, 0.3) is 0 Å². The van der Waals surface area contributed by atoms with Crippen molar-refractivity contribution in [2.45, 2.75) is 19.0 Å². The smallest absolute Gasteiger partial charge is 0.387 e. The number of benzene rings is 1. The van der Waals surface area contributed by atoms with Gasteiger partial charge in [0.05, 0.1) is 11.1 Å². The highest BCUT2D eigenvalue weighted by Gasteiger charge is 2.31. The lowest BCUT2D eigenvalue weighted by molar-refractivity contribution is -0.137. The van der Waals surface area contributed by atoms with E-state index in [2.05, 4.69) is 10.6 Å². The van der Waals surface area contributed by atoms with Crippen LogP contribution in [0.15, 0.2) is 18.2 Å². The Morgan fingerprint density at radius 1 is 1.29 bits per heavy atom. The molecule has 0 radical (unpaired) electrons. The minimum absolute atomic E-state index is 0.0113. The number of rotatable bonds is 7. The summed E-state index contributed by atoms with van der Waals surface area (Å²) in [5, 5.41) is 5.39. The molecule has 0 aromatic heterocycles. The summed E-state index contributed by atoms with van der Waals surface area (Å²) < 4.78 is 38.1. The van der Waals surface area contributed by atoms with E-state index in [1.165, 1.54) is 6.07 Å². The fraction of sp³-hybridized carbons (Fsp3) is 0.500. The third-order valence-electron chi connectivity index (χ3n) is 2.92. The summed E-state index contributed by atoms with van der Waals surface area (Å²) >= 11 is 1.72. The van der Waals surface area contributed by atoms with Gasteiger partial charge in [0.15, 0.2) is 0 Å². The van der Waals surface area contributed by atoms with Crippen LogP contribution < -0.4 is 10.6 Å². The SMILES string of the molecule is CNc1ccc(C(F)(F)F)cc1C(=O)NCCCCSC. The Kier molecular flexibility index (Phi) is 6.87. The minimum atomic E-state index is -4.46. The second kappa shape index (κ2) is 8.17. The van der Waals surface area contributed by atoms with E-state index in [-0.39, 0.29) is 5.56 Å². The van der Waals surface area contributed by atoms with Crippen LogP contribution in [-0.4, -0.2) is 31.5 Å². The molecule has 0 fully saturated rings. The third-order valence-corrected chi connectivity index (χ3v) is 3.62. The molecular formula is C14H19F3N2OS. The zero-order valence-electron chi connectivity index (χ0n) is 12.0. The zero-order valence-corrected chi connectivity index (χ0v) is 12.8. The number of amides is 1. The van der Waals surface area contributed by atoms with Crippen molar-refractivity contribution in [3.05, 3.63) is 29.3 Å². The summed E-state index contributed by atoms with van der Waals surface area (Å²) in [6.45, 7) is 0.457. The molecule has 7 heteroatoms. The molecule has 0 aliphatic rings. The van der Waals surface area contributed by atoms with Crippen molar-refractivity contribution in [3.8, 4) is 0 Å². The summed E-state index contributed by atoms with van der Waals surface area (Å²) in [6, 6.07) is 3.11. The predicted molar refractivity (Wildman–Crippen MR) is 80.9 cm³/mol. The first-order chi connectivity index (χ1) is 9.90. The highest BCUT2D eigenvalue weighted by molar-refractivity contribution is 7.98. The van der Waals surface area contributed by atoms with Gasteiger partial charge >= 0.3 is 6.18 Å². The summed E-state index contributed by atoms with van der Waals surface area (Å²) in [6.07, 6.45) is -0.691. The molecule has 0 aliphatic carbocycles. The second-order valence-corrected chi connectivity index (χ2v) is 5.45. The van der Waals surface area contributed by atoms with Gasteiger partial charge < -0.3 is 10.6 Å². The maximum Gasteiger partial charge on any atom is 0.416 e. The van der Waals surface area contributed by atoms with Gasteiger partial charge in [-0.05, 0) is 43.0 Å².